The van der Waals surface area contributed by atoms with Crippen molar-refractivity contribution >= 4 is 5.78 Å². The van der Waals surface area contributed by atoms with E-state index >= 15 is 0 Å². The minimum absolute atomic E-state index is 0.298. The SMILES string of the molecule is CC(=O)[C@H]1CC[C@H]2[C@@H]3CN[C@H]4CCCC[C@]4(C)[C@H]3CC[C@]12C. The Balaban J connectivity index is 1.63. The number of carbonyl (C=O) groups is 1. The number of rotatable bonds is 1. The fourth-order valence-corrected chi connectivity index (χ4v) is 7.47. The van der Waals surface area contributed by atoms with Crippen molar-refractivity contribution in [2.75, 3.05) is 6.54 Å². The molecule has 4 rings (SSSR count). The molecule has 3 aliphatic carbocycles. The smallest absolute Gasteiger partial charge is 0.133 e. The molecular formula is C20H33NO. The average molecular weight is 303 g/mol. The van der Waals surface area contributed by atoms with Gasteiger partial charge in [0.25, 0.3) is 0 Å². The molecule has 0 spiro atoms. The maximum Gasteiger partial charge on any atom is 0.133 e. The molecule has 1 N–H and O–H groups in total. The van der Waals surface area contributed by atoms with Crippen LogP contribution < -0.4 is 5.32 Å². The second kappa shape index (κ2) is 5.06. The van der Waals surface area contributed by atoms with Crippen LogP contribution in [-0.4, -0.2) is 18.4 Å². The monoisotopic (exact) mass is 303 g/mol. The van der Waals surface area contributed by atoms with E-state index < -0.39 is 0 Å². The van der Waals surface area contributed by atoms with E-state index in [1.54, 1.807) is 0 Å². The van der Waals surface area contributed by atoms with Gasteiger partial charge in [-0.2, -0.15) is 0 Å². The van der Waals surface area contributed by atoms with Crippen molar-refractivity contribution in [3.05, 3.63) is 0 Å². The van der Waals surface area contributed by atoms with Crippen molar-refractivity contribution in [1.82, 2.24) is 5.32 Å². The second-order valence-corrected chi connectivity index (χ2v) is 9.37. The minimum Gasteiger partial charge on any atom is -0.313 e. The van der Waals surface area contributed by atoms with Gasteiger partial charge in [-0.15, -0.1) is 0 Å². The molecule has 0 aromatic rings. The molecule has 0 bridgehead atoms. The van der Waals surface area contributed by atoms with Crippen LogP contribution >= 0.6 is 0 Å². The summed E-state index contributed by atoms with van der Waals surface area (Å²) in [6.07, 6.45) is 10.8. The largest absolute Gasteiger partial charge is 0.313 e. The summed E-state index contributed by atoms with van der Waals surface area (Å²) < 4.78 is 0. The van der Waals surface area contributed by atoms with E-state index in [0.29, 0.717) is 22.5 Å². The molecule has 1 heterocycles. The molecule has 3 saturated carbocycles. The molecule has 1 saturated heterocycles. The van der Waals surface area contributed by atoms with Crippen LogP contribution in [0.2, 0.25) is 0 Å². The molecule has 0 aromatic carbocycles. The maximum absolute atomic E-state index is 12.1. The van der Waals surface area contributed by atoms with Crippen molar-refractivity contribution < 1.29 is 4.79 Å². The lowest BCUT2D eigenvalue weighted by molar-refractivity contribution is -0.130. The van der Waals surface area contributed by atoms with Gasteiger partial charge in [-0.1, -0.05) is 26.7 Å². The summed E-state index contributed by atoms with van der Waals surface area (Å²) in [5, 5.41) is 3.95. The van der Waals surface area contributed by atoms with Gasteiger partial charge in [-0.25, -0.2) is 0 Å². The van der Waals surface area contributed by atoms with Crippen molar-refractivity contribution in [3.8, 4) is 0 Å². The Morgan fingerprint density at radius 3 is 2.50 bits per heavy atom. The number of hydrogen-bond donors (Lipinski definition) is 1. The Morgan fingerprint density at radius 2 is 1.73 bits per heavy atom. The lowest BCUT2D eigenvalue weighted by Gasteiger charge is -2.60. The lowest BCUT2D eigenvalue weighted by Crippen LogP contribution is -2.62. The number of fused-ring (bicyclic) bond motifs is 5. The van der Waals surface area contributed by atoms with E-state index in [-0.39, 0.29) is 0 Å². The molecule has 124 valence electrons. The van der Waals surface area contributed by atoms with E-state index in [1.807, 2.05) is 6.92 Å². The maximum atomic E-state index is 12.1. The first-order valence-corrected chi connectivity index (χ1v) is 9.70. The normalized spacial score (nSPS) is 54.2. The summed E-state index contributed by atoms with van der Waals surface area (Å²) in [6, 6.07) is 0.761. The zero-order valence-electron chi connectivity index (χ0n) is 14.7. The molecular weight excluding hydrogens is 270 g/mol. The third-order valence-corrected chi connectivity index (χ3v) is 8.63. The van der Waals surface area contributed by atoms with Crippen LogP contribution in [0, 0.1) is 34.5 Å². The highest BCUT2D eigenvalue weighted by Crippen LogP contribution is 2.64. The minimum atomic E-state index is 0.298. The van der Waals surface area contributed by atoms with Crippen LogP contribution in [0.1, 0.15) is 72.1 Å². The van der Waals surface area contributed by atoms with Gasteiger partial charge in [0.05, 0.1) is 0 Å². The van der Waals surface area contributed by atoms with Gasteiger partial charge in [0.1, 0.15) is 5.78 Å². The van der Waals surface area contributed by atoms with Crippen LogP contribution in [0.4, 0.5) is 0 Å². The molecule has 4 fully saturated rings. The molecule has 22 heavy (non-hydrogen) atoms. The predicted octanol–water partition coefficient (Wildman–Crippen LogP) is 4.19. The number of piperidine rings is 1. The Labute approximate surface area is 135 Å². The molecule has 0 unspecified atom stereocenters. The van der Waals surface area contributed by atoms with Crippen molar-refractivity contribution in [2.45, 2.75) is 78.2 Å². The Kier molecular flexibility index (Phi) is 3.49. The van der Waals surface area contributed by atoms with Gasteiger partial charge < -0.3 is 5.32 Å². The van der Waals surface area contributed by atoms with E-state index in [1.165, 1.54) is 51.5 Å². The summed E-state index contributed by atoms with van der Waals surface area (Å²) in [5.74, 6) is 3.31. The molecule has 7 atom stereocenters. The quantitative estimate of drug-likeness (QED) is 0.787. The van der Waals surface area contributed by atoms with Crippen molar-refractivity contribution in [3.63, 3.8) is 0 Å². The second-order valence-electron chi connectivity index (χ2n) is 9.37. The zero-order chi connectivity index (χ0) is 15.5. The van der Waals surface area contributed by atoms with Crippen LogP contribution in [0.5, 0.6) is 0 Å². The molecule has 0 radical (unpaired) electrons. The summed E-state index contributed by atoms with van der Waals surface area (Å²) in [5.41, 5.74) is 0.823. The molecule has 2 nitrogen and oxygen atoms in total. The first-order valence-electron chi connectivity index (χ1n) is 9.70. The van der Waals surface area contributed by atoms with Gasteiger partial charge in [-0.3, -0.25) is 4.79 Å². The van der Waals surface area contributed by atoms with Crippen molar-refractivity contribution in [1.29, 1.82) is 0 Å². The molecule has 2 heteroatoms. The van der Waals surface area contributed by atoms with E-state index in [0.717, 1.165) is 30.2 Å². The molecule has 1 aliphatic heterocycles. The third-order valence-electron chi connectivity index (χ3n) is 8.63. The summed E-state index contributed by atoms with van der Waals surface area (Å²) in [6.45, 7) is 8.08. The van der Waals surface area contributed by atoms with E-state index in [2.05, 4.69) is 19.2 Å². The highest BCUT2D eigenvalue weighted by Gasteiger charge is 2.60. The van der Waals surface area contributed by atoms with Crippen molar-refractivity contribution in [2.24, 2.45) is 34.5 Å². The number of Topliss-reactive ketones (excluding diaryl/α,β-unsaturated/α-hetero) is 1. The first kappa shape index (κ1) is 15.2. The van der Waals surface area contributed by atoms with Gasteiger partial charge in [0, 0.05) is 12.0 Å². The van der Waals surface area contributed by atoms with Gasteiger partial charge in [0.15, 0.2) is 0 Å². The summed E-state index contributed by atoms with van der Waals surface area (Å²) >= 11 is 0. The zero-order valence-corrected chi connectivity index (χ0v) is 14.7. The highest BCUT2D eigenvalue weighted by atomic mass is 16.1. The fourth-order valence-electron chi connectivity index (χ4n) is 7.47. The van der Waals surface area contributed by atoms with Crippen LogP contribution in [0.15, 0.2) is 0 Å². The first-order chi connectivity index (χ1) is 10.5. The van der Waals surface area contributed by atoms with Crippen LogP contribution in [-0.2, 0) is 4.79 Å². The van der Waals surface area contributed by atoms with E-state index in [9.17, 15) is 4.79 Å². The number of hydrogen-bond acceptors (Lipinski definition) is 2. The highest BCUT2D eigenvalue weighted by molar-refractivity contribution is 5.79. The molecule has 0 aromatic heterocycles. The topological polar surface area (TPSA) is 29.1 Å². The van der Waals surface area contributed by atoms with Gasteiger partial charge >= 0.3 is 0 Å². The Bertz CT molecular complexity index is 474. The predicted molar refractivity (Wildman–Crippen MR) is 89.6 cm³/mol. The number of carbonyl (C=O) groups excluding carboxylic acids is 1. The average Bonchev–Trinajstić information content (AvgIpc) is 2.84. The standard InChI is InChI=1S/C20H33NO/c1-13(22)15-7-8-16-14-12-21-18-6-4-5-10-20(18,3)17(14)9-11-19(15,16)2/h14-18,21H,4-12H2,1-3H3/t14-,15+,16-,17-,18-,19+,20+/m0/s1. The summed E-state index contributed by atoms with van der Waals surface area (Å²) in [7, 11) is 0. The van der Waals surface area contributed by atoms with E-state index in [4.69, 9.17) is 0 Å². The lowest BCUT2D eigenvalue weighted by atomic mass is 9.48. The fraction of sp³-hybridized carbons (Fsp3) is 0.950. The summed E-state index contributed by atoms with van der Waals surface area (Å²) in [4.78, 5) is 12.1. The molecule has 0 amide bonds. The van der Waals surface area contributed by atoms with Gasteiger partial charge in [-0.05, 0) is 80.6 Å². The molecule has 4 aliphatic rings. The number of nitrogens with one attached hydrogen (secondary N) is 1. The van der Waals surface area contributed by atoms with Gasteiger partial charge in [0.2, 0.25) is 0 Å². The Hall–Kier alpha value is -0.370. The third kappa shape index (κ3) is 1.92. The van der Waals surface area contributed by atoms with Crippen LogP contribution in [0.3, 0.4) is 0 Å². The van der Waals surface area contributed by atoms with Crippen LogP contribution in [0.25, 0.3) is 0 Å². The Morgan fingerprint density at radius 1 is 0.955 bits per heavy atom. The number of ketones is 1.